The Bertz CT molecular complexity index is 1350. The van der Waals surface area contributed by atoms with Crippen LogP contribution < -0.4 is 26.0 Å². The van der Waals surface area contributed by atoms with Gasteiger partial charge in [-0.3, -0.25) is 9.69 Å². The Balaban J connectivity index is 1.27. The molecule has 0 spiro atoms. The highest BCUT2D eigenvalue weighted by Gasteiger charge is 2.47. The second-order valence-corrected chi connectivity index (χ2v) is 10.9. The van der Waals surface area contributed by atoms with Gasteiger partial charge in [-0.2, -0.15) is 0 Å². The summed E-state index contributed by atoms with van der Waals surface area (Å²) in [6.45, 7) is 1.95. The fourth-order valence-electron chi connectivity index (χ4n) is 5.43. The number of para-hydroxylation sites is 1. The van der Waals surface area contributed by atoms with E-state index in [4.69, 9.17) is 10.5 Å². The first-order valence-electron chi connectivity index (χ1n) is 12.7. The molecule has 4 atom stereocenters. The second kappa shape index (κ2) is 9.72. The molecule has 0 bridgehead atoms. The molecule has 3 aliphatic rings. The third-order valence-electron chi connectivity index (χ3n) is 7.30. The molecule has 0 radical (unpaired) electrons. The summed E-state index contributed by atoms with van der Waals surface area (Å²) < 4.78 is 5.97. The third kappa shape index (κ3) is 4.42. The Hall–Kier alpha value is -3.56. The number of nitrogens with zero attached hydrogens (tertiary/aromatic N) is 2. The van der Waals surface area contributed by atoms with Crippen LogP contribution >= 0.6 is 11.8 Å². The van der Waals surface area contributed by atoms with Gasteiger partial charge in [-0.25, -0.2) is 9.78 Å². The molecule has 3 heterocycles. The summed E-state index contributed by atoms with van der Waals surface area (Å²) in [5, 5.41) is 6.51. The van der Waals surface area contributed by atoms with Crippen molar-refractivity contribution < 1.29 is 14.3 Å². The molecule has 4 N–H and O–H groups in total. The number of anilines is 2. The molecule has 1 fully saturated rings. The molecule has 6 rings (SSSR count). The average Bonchev–Trinajstić information content (AvgIpc) is 3.26. The lowest BCUT2D eigenvalue weighted by Crippen LogP contribution is -2.54. The number of aryl methyl sites for hydroxylation is 1. The van der Waals surface area contributed by atoms with E-state index in [-0.39, 0.29) is 24.0 Å². The van der Waals surface area contributed by atoms with Gasteiger partial charge in [0.05, 0.1) is 17.4 Å². The molecule has 0 saturated heterocycles. The zero-order valence-electron chi connectivity index (χ0n) is 20.5. The number of nitrogens with one attached hydrogen (secondary N) is 2. The van der Waals surface area contributed by atoms with Gasteiger partial charge in [0.2, 0.25) is 5.91 Å². The normalized spacial score (nSPS) is 24.3. The van der Waals surface area contributed by atoms with Crippen LogP contribution in [0, 0.1) is 6.92 Å². The standard InChI is InChI=1S/C28H29N5O3S/c1-16-15-18(36-17-7-3-2-4-8-17)11-12-21(16)33-22-13-14-30-27-23(22)24(32-28(33)35)25(37-27)26(34)31-20-10-6-5-9-19(20)29/h2-4,7-8,11-15,19-20,24-25H,5-6,9-10,29H2,1H3,(H,31,34)(H,32,35)/t19-,20-,24?,25?/m0/s1. The van der Waals surface area contributed by atoms with Gasteiger partial charge < -0.3 is 21.1 Å². The molecule has 1 aliphatic carbocycles. The van der Waals surface area contributed by atoms with Gasteiger partial charge in [-0.15, -0.1) is 0 Å². The van der Waals surface area contributed by atoms with E-state index in [1.807, 2.05) is 61.5 Å². The van der Waals surface area contributed by atoms with Crippen molar-refractivity contribution in [2.24, 2.45) is 5.73 Å². The van der Waals surface area contributed by atoms with Crippen LogP contribution in [0.25, 0.3) is 0 Å². The first-order valence-corrected chi connectivity index (χ1v) is 13.5. The van der Waals surface area contributed by atoms with Gasteiger partial charge in [-0.05, 0) is 61.7 Å². The predicted molar refractivity (Wildman–Crippen MR) is 143 cm³/mol. The monoisotopic (exact) mass is 515 g/mol. The highest BCUT2D eigenvalue weighted by molar-refractivity contribution is 8.01. The summed E-state index contributed by atoms with van der Waals surface area (Å²) in [7, 11) is 0. The Kier molecular flexibility index (Phi) is 6.26. The van der Waals surface area contributed by atoms with Crippen molar-refractivity contribution in [2.75, 3.05) is 4.90 Å². The van der Waals surface area contributed by atoms with Crippen molar-refractivity contribution in [3.05, 3.63) is 71.9 Å². The topological polar surface area (TPSA) is 110 Å². The number of carbonyl (C=O) groups is 2. The van der Waals surface area contributed by atoms with E-state index in [0.29, 0.717) is 5.75 Å². The predicted octanol–water partition coefficient (Wildman–Crippen LogP) is 4.95. The Morgan fingerprint density at radius 1 is 1.11 bits per heavy atom. The third-order valence-corrected chi connectivity index (χ3v) is 8.59. The lowest BCUT2D eigenvalue weighted by atomic mass is 9.90. The molecule has 2 unspecified atom stereocenters. The summed E-state index contributed by atoms with van der Waals surface area (Å²) in [6.07, 6.45) is 5.65. The zero-order valence-corrected chi connectivity index (χ0v) is 21.3. The summed E-state index contributed by atoms with van der Waals surface area (Å²) in [6, 6.07) is 16.3. The number of thioether (sulfide) groups is 1. The van der Waals surface area contributed by atoms with E-state index < -0.39 is 11.3 Å². The molecule has 1 saturated carbocycles. The molecule has 190 valence electrons. The zero-order chi connectivity index (χ0) is 25.5. The summed E-state index contributed by atoms with van der Waals surface area (Å²) in [4.78, 5) is 33.0. The van der Waals surface area contributed by atoms with Crippen LogP contribution in [-0.4, -0.2) is 34.3 Å². The van der Waals surface area contributed by atoms with Gasteiger partial charge in [0, 0.05) is 23.8 Å². The van der Waals surface area contributed by atoms with E-state index >= 15 is 0 Å². The molecular weight excluding hydrogens is 486 g/mol. The Labute approximate surface area is 220 Å². The summed E-state index contributed by atoms with van der Waals surface area (Å²) >= 11 is 1.40. The quantitative estimate of drug-likeness (QED) is 0.444. The fourth-order valence-corrected chi connectivity index (χ4v) is 6.67. The molecule has 8 nitrogen and oxygen atoms in total. The molecule has 2 aromatic carbocycles. The van der Waals surface area contributed by atoms with Crippen LogP contribution in [0.2, 0.25) is 0 Å². The SMILES string of the molecule is Cc1cc(Oc2ccccc2)ccc1N1C(=O)NC2c3c1ccnc3SC2C(=O)N[C@H]1CCCC[C@@H]1N. The van der Waals surface area contributed by atoms with E-state index in [1.165, 1.54) is 11.8 Å². The molecule has 9 heteroatoms. The number of urea groups is 1. The fraction of sp³-hybridized carbons (Fsp3) is 0.321. The maximum Gasteiger partial charge on any atom is 0.327 e. The van der Waals surface area contributed by atoms with Crippen molar-refractivity contribution in [3.63, 3.8) is 0 Å². The smallest absolute Gasteiger partial charge is 0.327 e. The lowest BCUT2D eigenvalue weighted by Gasteiger charge is -2.35. The van der Waals surface area contributed by atoms with Crippen molar-refractivity contribution in [1.82, 2.24) is 15.6 Å². The number of rotatable bonds is 5. The number of nitrogens with two attached hydrogens (primary N) is 1. The maximum absolute atomic E-state index is 13.5. The van der Waals surface area contributed by atoms with Gasteiger partial charge >= 0.3 is 6.03 Å². The van der Waals surface area contributed by atoms with Crippen LogP contribution in [0.4, 0.5) is 16.2 Å². The number of pyridine rings is 1. The molecular formula is C28H29N5O3S. The number of ether oxygens (including phenoxy) is 1. The number of hydrogen-bond donors (Lipinski definition) is 3. The largest absolute Gasteiger partial charge is 0.457 e. The van der Waals surface area contributed by atoms with Crippen LogP contribution in [0.15, 0.2) is 65.8 Å². The Morgan fingerprint density at radius 2 is 1.92 bits per heavy atom. The van der Waals surface area contributed by atoms with Crippen molar-refractivity contribution in [1.29, 1.82) is 0 Å². The number of hydrogen-bond acceptors (Lipinski definition) is 6. The van der Waals surface area contributed by atoms with Gasteiger partial charge in [0.1, 0.15) is 21.8 Å². The van der Waals surface area contributed by atoms with Crippen molar-refractivity contribution >= 4 is 35.1 Å². The first kappa shape index (κ1) is 23.8. The van der Waals surface area contributed by atoms with Gasteiger partial charge in [-0.1, -0.05) is 42.8 Å². The molecule has 3 aromatic rings. The van der Waals surface area contributed by atoms with E-state index in [0.717, 1.165) is 59.0 Å². The molecule has 3 amide bonds. The molecule has 2 aliphatic heterocycles. The van der Waals surface area contributed by atoms with Crippen LogP contribution in [0.3, 0.4) is 0 Å². The number of aromatic nitrogens is 1. The second-order valence-electron chi connectivity index (χ2n) is 9.78. The van der Waals surface area contributed by atoms with Crippen molar-refractivity contribution in [2.45, 2.75) is 61.0 Å². The van der Waals surface area contributed by atoms with Gasteiger partial charge in [0.15, 0.2) is 0 Å². The first-order chi connectivity index (χ1) is 18.0. The average molecular weight is 516 g/mol. The maximum atomic E-state index is 13.5. The minimum atomic E-state index is -0.494. The highest BCUT2D eigenvalue weighted by atomic mass is 32.2. The van der Waals surface area contributed by atoms with Crippen LogP contribution in [0.5, 0.6) is 11.5 Å². The van der Waals surface area contributed by atoms with Gasteiger partial charge in [0.25, 0.3) is 0 Å². The van der Waals surface area contributed by atoms with Crippen LogP contribution in [0.1, 0.15) is 42.9 Å². The number of carbonyl (C=O) groups excluding carboxylic acids is 2. The van der Waals surface area contributed by atoms with E-state index in [1.54, 1.807) is 11.1 Å². The van der Waals surface area contributed by atoms with E-state index in [2.05, 4.69) is 15.6 Å². The number of benzene rings is 2. The molecule has 37 heavy (non-hydrogen) atoms. The van der Waals surface area contributed by atoms with Crippen LogP contribution in [-0.2, 0) is 4.79 Å². The lowest BCUT2D eigenvalue weighted by molar-refractivity contribution is -0.122. The summed E-state index contributed by atoms with van der Waals surface area (Å²) in [5.41, 5.74) is 9.52. The Morgan fingerprint density at radius 3 is 2.70 bits per heavy atom. The minimum absolute atomic E-state index is 0.0339. The minimum Gasteiger partial charge on any atom is -0.457 e. The number of amides is 3. The van der Waals surface area contributed by atoms with Crippen molar-refractivity contribution in [3.8, 4) is 11.5 Å². The molecule has 1 aromatic heterocycles. The highest BCUT2D eigenvalue weighted by Crippen LogP contribution is 2.51. The van der Waals surface area contributed by atoms with E-state index in [9.17, 15) is 9.59 Å². The summed E-state index contributed by atoms with van der Waals surface area (Å²) in [5.74, 6) is 1.33.